The van der Waals surface area contributed by atoms with Crippen LogP contribution >= 0.6 is 12.4 Å². The molecule has 0 spiro atoms. The number of amides is 1. The molecule has 1 rings (SSSR count). The van der Waals surface area contributed by atoms with Crippen LogP contribution in [0.4, 0.5) is 0 Å². The minimum atomic E-state index is -0.805. The summed E-state index contributed by atoms with van der Waals surface area (Å²) in [6.45, 7) is 8.49. The van der Waals surface area contributed by atoms with Crippen molar-refractivity contribution in [3.05, 3.63) is 35.9 Å². The van der Waals surface area contributed by atoms with E-state index in [2.05, 4.69) is 43.4 Å². The van der Waals surface area contributed by atoms with Crippen molar-refractivity contribution < 1.29 is 4.79 Å². The van der Waals surface area contributed by atoms with E-state index in [9.17, 15) is 4.79 Å². The van der Waals surface area contributed by atoms with E-state index in [1.807, 2.05) is 6.07 Å². The van der Waals surface area contributed by atoms with E-state index in [0.717, 1.165) is 19.3 Å². The number of rotatable bonds is 7. The first-order valence-corrected chi connectivity index (χ1v) is 7.32. The van der Waals surface area contributed by atoms with Gasteiger partial charge in [-0.15, -0.1) is 12.4 Å². The summed E-state index contributed by atoms with van der Waals surface area (Å²) in [5.41, 5.74) is 6.43. The molecule has 120 valence electrons. The molecule has 0 aliphatic rings. The largest absolute Gasteiger partial charge is 0.354 e. The average molecular weight is 313 g/mol. The highest BCUT2D eigenvalue weighted by atomic mass is 35.5. The average Bonchev–Trinajstić information content (AvgIpc) is 2.36. The van der Waals surface area contributed by atoms with Gasteiger partial charge in [-0.2, -0.15) is 0 Å². The zero-order valence-corrected chi connectivity index (χ0v) is 14.4. The molecule has 3 nitrogen and oxygen atoms in total. The topological polar surface area (TPSA) is 55.1 Å². The Balaban J connectivity index is 0.00000400. The number of nitrogens with one attached hydrogen (secondary N) is 1. The Kier molecular flexibility index (Phi) is 7.98. The van der Waals surface area contributed by atoms with Gasteiger partial charge in [0.15, 0.2) is 0 Å². The van der Waals surface area contributed by atoms with Crippen LogP contribution in [0.3, 0.4) is 0 Å². The Morgan fingerprint density at radius 2 is 1.71 bits per heavy atom. The second-order valence-electron chi connectivity index (χ2n) is 6.91. The third-order valence-corrected chi connectivity index (χ3v) is 3.47. The molecule has 4 heteroatoms. The van der Waals surface area contributed by atoms with Crippen LogP contribution in [-0.2, 0) is 11.2 Å². The summed E-state index contributed by atoms with van der Waals surface area (Å²) in [7, 11) is 0. The van der Waals surface area contributed by atoms with Gasteiger partial charge in [0.2, 0.25) is 5.91 Å². The Morgan fingerprint density at radius 1 is 1.14 bits per heavy atom. The van der Waals surface area contributed by atoms with E-state index in [1.54, 1.807) is 13.8 Å². The van der Waals surface area contributed by atoms with Crippen molar-refractivity contribution in [1.82, 2.24) is 5.32 Å². The van der Waals surface area contributed by atoms with E-state index in [0.29, 0.717) is 6.54 Å². The van der Waals surface area contributed by atoms with Gasteiger partial charge in [-0.05, 0) is 44.1 Å². The fraction of sp³-hybridized carbons (Fsp3) is 0.588. The highest BCUT2D eigenvalue weighted by molar-refractivity contribution is 5.85. The van der Waals surface area contributed by atoms with Crippen LogP contribution in [0, 0.1) is 5.41 Å². The Hall–Kier alpha value is -1.06. The second-order valence-corrected chi connectivity index (χ2v) is 6.91. The maximum Gasteiger partial charge on any atom is 0.239 e. The Morgan fingerprint density at radius 3 is 2.24 bits per heavy atom. The van der Waals surface area contributed by atoms with Crippen molar-refractivity contribution in [3.63, 3.8) is 0 Å². The van der Waals surface area contributed by atoms with Crippen molar-refractivity contribution in [2.24, 2.45) is 11.1 Å². The Labute approximate surface area is 135 Å². The molecule has 0 aliphatic carbocycles. The van der Waals surface area contributed by atoms with Crippen molar-refractivity contribution >= 4 is 18.3 Å². The van der Waals surface area contributed by atoms with Gasteiger partial charge in [0.25, 0.3) is 0 Å². The molecule has 0 unspecified atom stereocenters. The summed E-state index contributed by atoms with van der Waals surface area (Å²) in [5, 5.41) is 2.95. The summed E-state index contributed by atoms with van der Waals surface area (Å²) < 4.78 is 0. The first kappa shape index (κ1) is 19.9. The SMILES string of the molecule is CC(C)(CCCc1ccccc1)CNC(=O)C(C)(C)N.Cl. The number of hydrogen-bond acceptors (Lipinski definition) is 2. The normalized spacial score (nSPS) is 11.7. The molecule has 1 aromatic carbocycles. The summed E-state index contributed by atoms with van der Waals surface area (Å²) in [6.07, 6.45) is 3.28. The van der Waals surface area contributed by atoms with Crippen molar-refractivity contribution in [2.75, 3.05) is 6.54 Å². The molecule has 0 fully saturated rings. The number of nitrogens with two attached hydrogens (primary N) is 1. The lowest BCUT2D eigenvalue weighted by Crippen LogP contribution is -2.51. The van der Waals surface area contributed by atoms with E-state index in [4.69, 9.17) is 5.73 Å². The third kappa shape index (κ3) is 8.08. The molecular weight excluding hydrogens is 284 g/mol. The smallest absolute Gasteiger partial charge is 0.239 e. The van der Waals surface area contributed by atoms with Crippen LogP contribution in [0.2, 0.25) is 0 Å². The molecule has 0 bridgehead atoms. The quantitative estimate of drug-likeness (QED) is 0.811. The third-order valence-electron chi connectivity index (χ3n) is 3.47. The van der Waals surface area contributed by atoms with Crippen LogP contribution in [0.25, 0.3) is 0 Å². The van der Waals surface area contributed by atoms with Crippen LogP contribution in [0.15, 0.2) is 30.3 Å². The lowest BCUT2D eigenvalue weighted by atomic mass is 9.86. The van der Waals surface area contributed by atoms with Gasteiger partial charge >= 0.3 is 0 Å². The molecule has 0 atom stereocenters. The molecule has 0 aliphatic heterocycles. The van der Waals surface area contributed by atoms with Crippen LogP contribution < -0.4 is 11.1 Å². The van der Waals surface area contributed by atoms with E-state index in [-0.39, 0.29) is 23.7 Å². The van der Waals surface area contributed by atoms with E-state index < -0.39 is 5.54 Å². The summed E-state index contributed by atoms with van der Waals surface area (Å²) >= 11 is 0. The molecule has 1 aromatic rings. The monoisotopic (exact) mass is 312 g/mol. The lowest BCUT2D eigenvalue weighted by molar-refractivity contribution is -0.125. The number of hydrogen-bond donors (Lipinski definition) is 2. The molecule has 0 saturated heterocycles. The van der Waals surface area contributed by atoms with E-state index in [1.165, 1.54) is 5.56 Å². The molecule has 0 radical (unpaired) electrons. The number of halogens is 1. The zero-order chi connectivity index (χ0) is 15.2. The molecule has 0 aromatic heterocycles. The minimum Gasteiger partial charge on any atom is -0.354 e. The molecule has 3 N–H and O–H groups in total. The minimum absolute atomic E-state index is 0. The molecule has 1 amide bonds. The standard InChI is InChI=1S/C17H28N2O.ClH/c1-16(2,13-19-15(20)17(3,4)18)12-8-11-14-9-6-5-7-10-14;/h5-7,9-10H,8,11-13,18H2,1-4H3,(H,19,20);1H. The molecule has 21 heavy (non-hydrogen) atoms. The van der Waals surface area contributed by atoms with Gasteiger partial charge in [0, 0.05) is 6.54 Å². The van der Waals surface area contributed by atoms with Gasteiger partial charge in [-0.25, -0.2) is 0 Å². The van der Waals surface area contributed by atoms with Gasteiger partial charge < -0.3 is 11.1 Å². The van der Waals surface area contributed by atoms with Crippen molar-refractivity contribution in [3.8, 4) is 0 Å². The summed E-state index contributed by atoms with van der Waals surface area (Å²) in [6, 6.07) is 10.5. The highest BCUT2D eigenvalue weighted by Gasteiger charge is 2.24. The lowest BCUT2D eigenvalue weighted by Gasteiger charge is -2.27. The summed E-state index contributed by atoms with van der Waals surface area (Å²) in [5.74, 6) is -0.0892. The van der Waals surface area contributed by atoms with Gasteiger partial charge in [-0.1, -0.05) is 44.2 Å². The van der Waals surface area contributed by atoms with Crippen molar-refractivity contribution in [1.29, 1.82) is 0 Å². The van der Waals surface area contributed by atoms with Crippen molar-refractivity contribution in [2.45, 2.75) is 52.5 Å². The Bertz CT molecular complexity index is 424. The van der Waals surface area contributed by atoms with Gasteiger partial charge in [0.1, 0.15) is 0 Å². The fourth-order valence-electron chi connectivity index (χ4n) is 2.05. The fourth-order valence-corrected chi connectivity index (χ4v) is 2.05. The van der Waals surface area contributed by atoms with Crippen LogP contribution in [-0.4, -0.2) is 18.0 Å². The maximum atomic E-state index is 11.8. The predicted molar refractivity (Wildman–Crippen MR) is 91.7 cm³/mol. The zero-order valence-electron chi connectivity index (χ0n) is 13.6. The van der Waals surface area contributed by atoms with Gasteiger partial charge in [-0.3, -0.25) is 4.79 Å². The molecular formula is C17H29ClN2O. The van der Waals surface area contributed by atoms with E-state index >= 15 is 0 Å². The maximum absolute atomic E-state index is 11.8. The number of benzene rings is 1. The molecule has 0 saturated carbocycles. The van der Waals surface area contributed by atoms with Crippen LogP contribution in [0.1, 0.15) is 46.1 Å². The molecule has 0 heterocycles. The highest BCUT2D eigenvalue weighted by Crippen LogP contribution is 2.22. The van der Waals surface area contributed by atoms with Crippen LogP contribution in [0.5, 0.6) is 0 Å². The van der Waals surface area contributed by atoms with Gasteiger partial charge in [0.05, 0.1) is 5.54 Å². The number of aryl methyl sites for hydroxylation is 1. The first-order valence-electron chi connectivity index (χ1n) is 7.32. The predicted octanol–water partition coefficient (Wildman–Crippen LogP) is 3.31. The first-order chi connectivity index (χ1) is 9.21. The second kappa shape index (κ2) is 8.40. The summed E-state index contributed by atoms with van der Waals surface area (Å²) in [4.78, 5) is 11.8. The number of carbonyl (C=O) groups is 1. The number of carbonyl (C=O) groups excluding carboxylic acids is 1.